The number of hydrogen-bond acceptors (Lipinski definition) is 6. The highest BCUT2D eigenvalue weighted by molar-refractivity contribution is 5.63. The number of piperazine rings is 1. The molecule has 7 heteroatoms. The van der Waals surface area contributed by atoms with Crippen molar-refractivity contribution in [2.45, 2.75) is 6.54 Å². The Morgan fingerprint density at radius 2 is 1.57 bits per heavy atom. The number of aromatic nitrogens is 5. The molecule has 0 bridgehead atoms. The summed E-state index contributed by atoms with van der Waals surface area (Å²) in [5.41, 5.74) is 4.38. The van der Waals surface area contributed by atoms with E-state index in [2.05, 4.69) is 60.2 Å². The van der Waals surface area contributed by atoms with Crippen LogP contribution < -0.4 is 4.90 Å². The number of hydrogen-bond donors (Lipinski definition) is 0. The minimum Gasteiger partial charge on any atom is -0.338 e. The van der Waals surface area contributed by atoms with Crippen molar-refractivity contribution < 1.29 is 0 Å². The van der Waals surface area contributed by atoms with Gasteiger partial charge in [0, 0.05) is 50.7 Å². The van der Waals surface area contributed by atoms with Gasteiger partial charge in [-0.15, -0.1) is 0 Å². The summed E-state index contributed by atoms with van der Waals surface area (Å²) in [4.78, 5) is 17.7. The van der Waals surface area contributed by atoms with E-state index in [1.807, 2.05) is 22.7 Å². The molecule has 7 nitrogen and oxygen atoms in total. The first-order valence-electron chi connectivity index (χ1n) is 9.49. The Morgan fingerprint density at radius 3 is 2.36 bits per heavy atom. The Bertz CT molecular complexity index is 1050. The standard InChI is InChI=1S/C21H21N7/c1-3-19(28-20(4-1)24-16-25-28)18-7-5-17(6-8-18)15-26-11-13-27(14-12-26)21-22-9-2-10-23-21/h1-10,16H,11-15H2. The number of pyridine rings is 1. The van der Waals surface area contributed by atoms with Crippen molar-refractivity contribution in [2.24, 2.45) is 0 Å². The average molecular weight is 371 g/mol. The predicted molar refractivity (Wildman–Crippen MR) is 108 cm³/mol. The van der Waals surface area contributed by atoms with Gasteiger partial charge in [-0.1, -0.05) is 30.3 Å². The van der Waals surface area contributed by atoms with E-state index in [1.165, 1.54) is 5.56 Å². The molecule has 28 heavy (non-hydrogen) atoms. The monoisotopic (exact) mass is 371 g/mol. The fourth-order valence-electron chi connectivity index (χ4n) is 3.66. The van der Waals surface area contributed by atoms with Crippen molar-refractivity contribution in [2.75, 3.05) is 31.1 Å². The minimum atomic E-state index is 0.828. The molecule has 4 aromatic rings. The smallest absolute Gasteiger partial charge is 0.225 e. The second kappa shape index (κ2) is 7.36. The molecule has 4 heterocycles. The van der Waals surface area contributed by atoms with E-state index >= 15 is 0 Å². The normalized spacial score (nSPS) is 15.2. The molecule has 0 unspecified atom stereocenters. The summed E-state index contributed by atoms with van der Waals surface area (Å²) in [5, 5.41) is 4.33. The molecule has 1 fully saturated rings. The van der Waals surface area contributed by atoms with Crippen LogP contribution in [-0.4, -0.2) is 55.6 Å². The molecule has 5 rings (SSSR count). The van der Waals surface area contributed by atoms with Crippen molar-refractivity contribution in [3.63, 3.8) is 0 Å². The van der Waals surface area contributed by atoms with Crippen molar-refractivity contribution in [1.29, 1.82) is 0 Å². The third kappa shape index (κ3) is 3.32. The van der Waals surface area contributed by atoms with E-state index in [1.54, 1.807) is 18.7 Å². The quantitative estimate of drug-likeness (QED) is 0.549. The maximum atomic E-state index is 4.35. The maximum absolute atomic E-state index is 4.35. The van der Waals surface area contributed by atoms with Gasteiger partial charge >= 0.3 is 0 Å². The molecular formula is C21H21N7. The second-order valence-corrected chi connectivity index (χ2v) is 6.95. The van der Waals surface area contributed by atoms with Crippen molar-refractivity contribution >= 4 is 11.6 Å². The number of anilines is 1. The Hall–Kier alpha value is -3.32. The maximum Gasteiger partial charge on any atom is 0.225 e. The third-order valence-corrected chi connectivity index (χ3v) is 5.16. The lowest BCUT2D eigenvalue weighted by Gasteiger charge is -2.34. The summed E-state index contributed by atoms with van der Waals surface area (Å²) in [7, 11) is 0. The summed E-state index contributed by atoms with van der Waals surface area (Å²) in [6.07, 6.45) is 5.19. The first-order valence-corrected chi connectivity index (χ1v) is 9.49. The van der Waals surface area contributed by atoms with Crippen molar-refractivity contribution in [3.8, 4) is 11.3 Å². The van der Waals surface area contributed by atoms with Crippen molar-refractivity contribution in [3.05, 3.63) is 72.8 Å². The molecule has 0 atom stereocenters. The summed E-state index contributed by atoms with van der Waals surface area (Å²) in [6.45, 7) is 4.89. The molecule has 1 saturated heterocycles. The van der Waals surface area contributed by atoms with Crippen LogP contribution in [0.1, 0.15) is 5.56 Å². The van der Waals surface area contributed by atoms with Crippen LogP contribution in [-0.2, 0) is 6.54 Å². The second-order valence-electron chi connectivity index (χ2n) is 6.95. The van der Waals surface area contributed by atoms with Gasteiger partial charge in [-0.3, -0.25) is 4.90 Å². The fourth-order valence-corrected chi connectivity index (χ4v) is 3.66. The van der Waals surface area contributed by atoms with Gasteiger partial charge in [-0.05, 0) is 23.8 Å². The Labute approximate surface area is 163 Å². The van der Waals surface area contributed by atoms with Crippen LogP contribution in [0.3, 0.4) is 0 Å². The van der Waals surface area contributed by atoms with Crippen LogP contribution in [0, 0.1) is 0 Å². The molecule has 3 aromatic heterocycles. The van der Waals surface area contributed by atoms with E-state index in [4.69, 9.17) is 0 Å². The molecule has 1 aromatic carbocycles. The molecule has 0 N–H and O–H groups in total. The highest BCUT2D eigenvalue weighted by Crippen LogP contribution is 2.21. The topological polar surface area (TPSA) is 62.5 Å². The van der Waals surface area contributed by atoms with Gasteiger partial charge in [0.25, 0.3) is 0 Å². The number of benzene rings is 1. The lowest BCUT2D eigenvalue weighted by Crippen LogP contribution is -2.46. The first-order chi connectivity index (χ1) is 13.9. The summed E-state index contributed by atoms with van der Waals surface area (Å²) >= 11 is 0. The largest absolute Gasteiger partial charge is 0.338 e. The molecule has 0 spiro atoms. The Balaban J connectivity index is 1.24. The summed E-state index contributed by atoms with van der Waals surface area (Å²) < 4.78 is 1.87. The molecule has 140 valence electrons. The van der Waals surface area contributed by atoms with Crippen LogP contribution in [0.25, 0.3) is 16.9 Å². The highest BCUT2D eigenvalue weighted by Gasteiger charge is 2.18. The van der Waals surface area contributed by atoms with Gasteiger partial charge in [0.1, 0.15) is 6.33 Å². The third-order valence-electron chi connectivity index (χ3n) is 5.16. The zero-order chi connectivity index (χ0) is 18.8. The fraction of sp³-hybridized carbons (Fsp3) is 0.238. The Morgan fingerprint density at radius 1 is 0.786 bits per heavy atom. The van der Waals surface area contributed by atoms with Gasteiger partial charge < -0.3 is 4.90 Å². The predicted octanol–water partition coefficient (Wildman–Crippen LogP) is 2.51. The highest BCUT2D eigenvalue weighted by atomic mass is 15.3. The summed E-state index contributed by atoms with van der Waals surface area (Å²) in [5.74, 6) is 0.828. The van der Waals surface area contributed by atoms with Crippen molar-refractivity contribution in [1.82, 2.24) is 29.5 Å². The average Bonchev–Trinajstić information content (AvgIpc) is 3.25. The van der Waals surface area contributed by atoms with E-state index in [-0.39, 0.29) is 0 Å². The van der Waals surface area contributed by atoms with E-state index in [0.29, 0.717) is 0 Å². The number of fused-ring (bicyclic) bond motifs is 1. The van der Waals surface area contributed by atoms with E-state index in [9.17, 15) is 0 Å². The summed E-state index contributed by atoms with van der Waals surface area (Å²) in [6, 6.07) is 16.7. The van der Waals surface area contributed by atoms with Crippen LogP contribution >= 0.6 is 0 Å². The molecule has 0 aliphatic carbocycles. The van der Waals surface area contributed by atoms with Gasteiger partial charge in [0.15, 0.2) is 5.65 Å². The lowest BCUT2D eigenvalue weighted by atomic mass is 10.1. The SMILES string of the molecule is c1cnc(N2CCN(Cc3ccc(-c4cccc5ncnn45)cc3)CC2)nc1. The van der Waals surface area contributed by atoms with Gasteiger partial charge in [0.05, 0.1) is 5.69 Å². The molecule has 0 amide bonds. The van der Waals surface area contributed by atoms with E-state index < -0.39 is 0 Å². The van der Waals surface area contributed by atoms with Gasteiger partial charge in [-0.25, -0.2) is 19.5 Å². The molecular weight excluding hydrogens is 350 g/mol. The van der Waals surface area contributed by atoms with E-state index in [0.717, 1.165) is 55.6 Å². The van der Waals surface area contributed by atoms with Crippen LogP contribution in [0.15, 0.2) is 67.3 Å². The van der Waals surface area contributed by atoms with Gasteiger partial charge in [-0.2, -0.15) is 5.10 Å². The molecule has 1 aliphatic rings. The minimum absolute atomic E-state index is 0.828. The Kier molecular flexibility index (Phi) is 4.42. The van der Waals surface area contributed by atoms with Crippen LogP contribution in [0.2, 0.25) is 0 Å². The number of nitrogens with zero attached hydrogens (tertiary/aromatic N) is 7. The number of rotatable bonds is 4. The van der Waals surface area contributed by atoms with Crippen LogP contribution in [0.5, 0.6) is 0 Å². The molecule has 0 saturated carbocycles. The molecule has 0 radical (unpaired) electrons. The molecule has 1 aliphatic heterocycles. The zero-order valence-electron chi connectivity index (χ0n) is 15.5. The van der Waals surface area contributed by atoms with Crippen LogP contribution in [0.4, 0.5) is 5.95 Å². The van der Waals surface area contributed by atoms with Gasteiger partial charge in [0.2, 0.25) is 5.95 Å². The zero-order valence-corrected chi connectivity index (χ0v) is 15.5. The lowest BCUT2D eigenvalue weighted by molar-refractivity contribution is 0.248. The first kappa shape index (κ1) is 16.8.